The zero-order valence-corrected chi connectivity index (χ0v) is 32.0. The molecule has 2 unspecified atom stereocenters. The summed E-state index contributed by atoms with van der Waals surface area (Å²) in [7, 11) is -3.24. The minimum Gasteiger partial charge on any atom is -0.462 e. The highest BCUT2D eigenvalue weighted by Gasteiger charge is 2.24. The molecule has 282 valence electrons. The predicted molar refractivity (Wildman–Crippen MR) is 202 cm³/mol. The second kappa shape index (κ2) is 35.6. The summed E-state index contributed by atoms with van der Waals surface area (Å²) >= 11 is 0. The summed E-state index contributed by atoms with van der Waals surface area (Å²) in [5.41, 5.74) is 0. The van der Waals surface area contributed by atoms with Gasteiger partial charge in [-0.3, -0.25) is 18.6 Å². The van der Waals surface area contributed by atoms with Crippen molar-refractivity contribution >= 4 is 19.8 Å². The molecule has 49 heavy (non-hydrogen) atoms. The molecule has 0 fully saturated rings. The number of hydrogen-bond donors (Lipinski definition) is 1. The first-order chi connectivity index (χ1) is 23.8. The van der Waals surface area contributed by atoms with Crippen LogP contribution in [0.25, 0.3) is 0 Å². The fourth-order valence-corrected chi connectivity index (χ4v) is 5.37. The second-order valence-corrected chi connectivity index (χ2v) is 13.9. The van der Waals surface area contributed by atoms with Crippen LogP contribution in [0.2, 0.25) is 0 Å². The van der Waals surface area contributed by atoms with Crippen LogP contribution in [0.1, 0.15) is 155 Å². The van der Waals surface area contributed by atoms with Crippen molar-refractivity contribution in [2.45, 2.75) is 161 Å². The smallest absolute Gasteiger partial charge is 0.462 e. The average Bonchev–Trinajstić information content (AvgIpc) is 3.09. The summed E-state index contributed by atoms with van der Waals surface area (Å²) in [6, 6.07) is 0. The van der Waals surface area contributed by atoms with Gasteiger partial charge in [0.15, 0.2) is 6.10 Å². The summed E-state index contributed by atoms with van der Waals surface area (Å²) in [6.45, 7) is 3.68. The lowest BCUT2D eigenvalue weighted by molar-refractivity contribution is -0.160. The molecule has 0 spiro atoms. The molecule has 0 aliphatic heterocycles. The molecule has 0 bridgehead atoms. The SMILES string of the molecule is CC/C=C\C/C=C\C/C=C\C/C=C\C/C=C\CC(=O)OC(COC(=O)CCCCCCCCCCCCCCCCC)COP(=O)(O)OC. The van der Waals surface area contributed by atoms with Crippen molar-refractivity contribution in [3.63, 3.8) is 0 Å². The first kappa shape index (κ1) is 46.8. The van der Waals surface area contributed by atoms with Crippen LogP contribution in [-0.4, -0.2) is 43.3 Å². The van der Waals surface area contributed by atoms with Crippen LogP contribution in [0.3, 0.4) is 0 Å². The number of esters is 2. The molecule has 2 atom stereocenters. The van der Waals surface area contributed by atoms with E-state index in [4.69, 9.17) is 14.0 Å². The maximum Gasteiger partial charge on any atom is 0.472 e. The third-order valence-corrected chi connectivity index (χ3v) is 8.75. The first-order valence-electron chi connectivity index (χ1n) is 19.0. The Labute approximate surface area is 299 Å². The standard InChI is InChI=1S/C40H69O8P/c1-4-6-8-10-12-14-16-18-20-22-24-26-28-30-32-34-39(41)46-36-38(37-47-49(43,44)45-3)48-40(42)35-33-31-29-27-25-23-21-19-17-15-13-11-9-7-5-2/h7,9,13,15,19,21,25,27,31,33,38H,4-6,8,10-12,14,16-18,20,22-24,26,28-30,32,34-37H2,1-3H3,(H,43,44)/b9-7-,15-13-,21-19-,27-25-,33-31-. The van der Waals surface area contributed by atoms with Gasteiger partial charge in [0, 0.05) is 13.5 Å². The Kier molecular flexibility index (Phi) is 33.9. The molecule has 1 N–H and O–H groups in total. The molecule has 0 saturated heterocycles. The number of rotatable bonds is 34. The highest BCUT2D eigenvalue weighted by atomic mass is 31.2. The molecule has 8 nitrogen and oxygen atoms in total. The van der Waals surface area contributed by atoms with Crippen LogP contribution >= 0.6 is 7.82 Å². The maximum atomic E-state index is 12.4. The highest BCUT2D eigenvalue weighted by Crippen LogP contribution is 2.42. The van der Waals surface area contributed by atoms with Gasteiger partial charge in [-0.05, 0) is 38.5 Å². The average molecular weight is 709 g/mol. The number of phosphoric ester groups is 1. The Morgan fingerprint density at radius 2 is 1.02 bits per heavy atom. The summed E-state index contributed by atoms with van der Waals surface area (Å²) in [5.74, 6) is -0.953. The Morgan fingerprint density at radius 1 is 0.592 bits per heavy atom. The molecule has 0 aliphatic carbocycles. The van der Waals surface area contributed by atoms with Crippen LogP contribution < -0.4 is 0 Å². The van der Waals surface area contributed by atoms with Gasteiger partial charge in [-0.2, -0.15) is 0 Å². The molecule has 0 rings (SSSR count). The molecular formula is C40H69O8P. The van der Waals surface area contributed by atoms with Gasteiger partial charge in [0.05, 0.1) is 13.0 Å². The number of carbonyl (C=O) groups is 2. The Morgan fingerprint density at radius 3 is 1.47 bits per heavy atom. The van der Waals surface area contributed by atoms with Crippen molar-refractivity contribution < 1.29 is 37.6 Å². The van der Waals surface area contributed by atoms with E-state index in [2.05, 4.69) is 60.9 Å². The molecule has 0 aromatic heterocycles. The lowest BCUT2D eigenvalue weighted by atomic mass is 10.0. The quantitative estimate of drug-likeness (QED) is 0.0304. The van der Waals surface area contributed by atoms with E-state index in [9.17, 15) is 19.0 Å². The monoisotopic (exact) mass is 708 g/mol. The van der Waals surface area contributed by atoms with Crippen molar-refractivity contribution in [2.75, 3.05) is 20.3 Å². The van der Waals surface area contributed by atoms with E-state index in [1.165, 1.54) is 77.0 Å². The zero-order valence-electron chi connectivity index (χ0n) is 31.1. The maximum absolute atomic E-state index is 12.4. The summed E-state index contributed by atoms with van der Waals surface area (Å²) < 4.78 is 31.7. The first-order valence-corrected chi connectivity index (χ1v) is 20.5. The Balaban J connectivity index is 4.19. The number of carbonyl (C=O) groups excluding carboxylic acids is 2. The summed E-state index contributed by atoms with van der Waals surface area (Å²) in [5, 5.41) is 0. The molecule has 0 aromatic carbocycles. The number of ether oxygens (including phenoxy) is 2. The van der Waals surface area contributed by atoms with E-state index in [1.807, 2.05) is 12.2 Å². The van der Waals surface area contributed by atoms with E-state index in [0.717, 1.165) is 52.1 Å². The van der Waals surface area contributed by atoms with Gasteiger partial charge in [-0.1, -0.05) is 164 Å². The number of allylic oxidation sites excluding steroid dienone is 9. The normalized spacial score (nSPS) is 14.1. The second-order valence-electron chi connectivity index (χ2n) is 12.4. The number of unbranched alkanes of at least 4 members (excludes halogenated alkanes) is 14. The van der Waals surface area contributed by atoms with Gasteiger partial charge in [0.2, 0.25) is 0 Å². The summed E-state index contributed by atoms with van der Waals surface area (Å²) in [4.78, 5) is 34.3. The van der Waals surface area contributed by atoms with Crippen LogP contribution in [0, 0.1) is 0 Å². The fraction of sp³-hybridized carbons (Fsp3) is 0.700. The van der Waals surface area contributed by atoms with Crippen LogP contribution in [0.4, 0.5) is 0 Å². The van der Waals surface area contributed by atoms with E-state index in [0.29, 0.717) is 6.42 Å². The van der Waals surface area contributed by atoms with Gasteiger partial charge in [-0.15, -0.1) is 0 Å². The van der Waals surface area contributed by atoms with Gasteiger partial charge in [0.1, 0.15) is 6.61 Å². The van der Waals surface area contributed by atoms with Crippen molar-refractivity contribution in [3.05, 3.63) is 60.8 Å². The van der Waals surface area contributed by atoms with Crippen molar-refractivity contribution in [2.24, 2.45) is 0 Å². The topological polar surface area (TPSA) is 108 Å². The van der Waals surface area contributed by atoms with Crippen LogP contribution in [0.15, 0.2) is 60.8 Å². The zero-order chi connectivity index (χ0) is 36.1. The molecule has 0 aliphatic rings. The van der Waals surface area contributed by atoms with Crippen molar-refractivity contribution in [3.8, 4) is 0 Å². The molecular weight excluding hydrogens is 639 g/mol. The molecule has 0 heterocycles. The predicted octanol–water partition coefficient (Wildman–Crippen LogP) is 11.6. The van der Waals surface area contributed by atoms with Crippen molar-refractivity contribution in [1.82, 2.24) is 0 Å². The van der Waals surface area contributed by atoms with Gasteiger partial charge < -0.3 is 14.4 Å². The highest BCUT2D eigenvalue weighted by molar-refractivity contribution is 7.47. The van der Waals surface area contributed by atoms with E-state index < -0.39 is 32.5 Å². The number of phosphoric acid groups is 1. The van der Waals surface area contributed by atoms with E-state index in [-0.39, 0.29) is 19.4 Å². The lowest BCUT2D eigenvalue weighted by Gasteiger charge is -2.19. The molecule has 9 heteroatoms. The minimum absolute atomic E-state index is 0.0121. The molecule has 0 aromatic rings. The minimum atomic E-state index is -4.28. The fourth-order valence-electron chi connectivity index (χ4n) is 4.91. The third-order valence-electron chi connectivity index (χ3n) is 7.81. The molecule has 0 amide bonds. The van der Waals surface area contributed by atoms with Gasteiger partial charge in [-0.25, -0.2) is 4.57 Å². The summed E-state index contributed by atoms with van der Waals surface area (Å²) in [6.07, 6.45) is 43.0. The van der Waals surface area contributed by atoms with Gasteiger partial charge >= 0.3 is 19.8 Å². The van der Waals surface area contributed by atoms with Crippen molar-refractivity contribution in [1.29, 1.82) is 0 Å². The lowest BCUT2D eigenvalue weighted by Crippen LogP contribution is -2.29. The molecule has 0 saturated carbocycles. The Hall–Kier alpha value is -2.25. The van der Waals surface area contributed by atoms with Crippen LogP contribution in [-0.2, 0) is 32.7 Å². The van der Waals surface area contributed by atoms with E-state index in [1.54, 1.807) is 6.08 Å². The largest absolute Gasteiger partial charge is 0.472 e. The Bertz CT molecular complexity index is 985. The number of hydrogen-bond acceptors (Lipinski definition) is 7. The third kappa shape index (κ3) is 35.4. The van der Waals surface area contributed by atoms with Gasteiger partial charge in [0.25, 0.3) is 0 Å². The van der Waals surface area contributed by atoms with Crippen LogP contribution in [0.5, 0.6) is 0 Å². The molecule has 0 radical (unpaired) electrons. The van der Waals surface area contributed by atoms with E-state index >= 15 is 0 Å².